The summed E-state index contributed by atoms with van der Waals surface area (Å²) in [7, 11) is 0. The van der Waals surface area contributed by atoms with Crippen LogP contribution in [-0.2, 0) is 30.4 Å². The monoisotopic (exact) mass is 537 g/mol. The fourth-order valence-corrected chi connectivity index (χ4v) is 3.64. The molecule has 1 aromatic carbocycles. The Morgan fingerprint density at radius 1 is 0.842 bits per heavy atom. The standard InChI is InChI=1S/C25H39N5O8/c1-14(2)11-19(24(36)30-20(25(37)38)13-21(32)33)29-23(35)18(5-3-4-10-26)28-22(34)17(27)12-15-6-8-16(31)9-7-15/h6-9,14,17-20,31H,3-5,10-13,26-27H2,1-2H3,(H,28,34)(H,29,35)(H,30,36)(H,32,33)(H,37,38). The summed E-state index contributed by atoms with van der Waals surface area (Å²) in [6, 6.07) is 1.29. The topological polar surface area (TPSA) is 234 Å². The molecule has 0 saturated carbocycles. The zero-order valence-electron chi connectivity index (χ0n) is 21.7. The lowest BCUT2D eigenvalue weighted by molar-refractivity contribution is -0.147. The predicted molar refractivity (Wildman–Crippen MR) is 138 cm³/mol. The van der Waals surface area contributed by atoms with Crippen LogP contribution in [0.25, 0.3) is 0 Å². The molecule has 0 aromatic heterocycles. The van der Waals surface area contributed by atoms with Crippen LogP contribution in [0.1, 0.15) is 51.5 Å². The van der Waals surface area contributed by atoms with Crippen LogP contribution in [0.15, 0.2) is 24.3 Å². The molecule has 4 atom stereocenters. The number of rotatable bonds is 17. The van der Waals surface area contributed by atoms with E-state index in [1.807, 2.05) is 0 Å². The number of hydrogen-bond acceptors (Lipinski definition) is 8. The molecule has 4 unspecified atom stereocenters. The lowest BCUT2D eigenvalue weighted by atomic mass is 10.0. The molecule has 1 aromatic rings. The van der Waals surface area contributed by atoms with E-state index in [1.165, 1.54) is 12.1 Å². The summed E-state index contributed by atoms with van der Waals surface area (Å²) in [5, 5.41) is 34.9. The van der Waals surface area contributed by atoms with Crippen molar-refractivity contribution in [1.82, 2.24) is 16.0 Å². The van der Waals surface area contributed by atoms with Gasteiger partial charge in [0.25, 0.3) is 0 Å². The van der Waals surface area contributed by atoms with Crippen molar-refractivity contribution in [2.24, 2.45) is 17.4 Å². The third-order valence-electron chi connectivity index (χ3n) is 5.64. The van der Waals surface area contributed by atoms with E-state index in [9.17, 15) is 34.2 Å². The molecule has 13 nitrogen and oxygen atoms in total. The minimum absolute atomic E-state index is 0.0704. The first kappa shape index (κ1) is 32.3. The molecule has 13 heteroatoms. The second-order valence-electron chi connectivity index (χ2n) is 9.51. The average Bonchev–Trinajstić information content (AvgIpc) is 2.83. The SMILES string of the molecule is CC(C)CC(NC(=O)C(CCCCN)NC(=O)C(N)Cc1ccc(O)cc1)C(=O)NC(CC(=O)O)C(=O)O. The van der Waals surface area contributed by atoms with Crippen molar-refractivity contribution in [3.8, 4) is 5.75 Å². The summed E-state index contributed by atoms with van der Waals surface area (Å²) in [5.74, 6) is -5.06. The number of aliphatic carboxylic acids is 2. The Balaban J connectivity index is 2.98. The van der Waals surface area contributed by atoms with Crippen LogP contribution in [-0.4, -0.2) is 75.7 Å². The van der Waals surface area contributed by atoms with Gasteiger partial charge >= 0.3 is 11.9 Å². The molecule has 0 heterocycles. The predicted octanol–water partition coefficient (Wildman–Crippen LogP) is -0.549. The van der Waals surface area contributed by atoms with Gasteiger partial charge in [-0.25, -0.2) is 4.79 Å². The van der Waals surface area contributed by atoms with E-state index in [-0.39, 0.29) is 30.9 Å². The number of carbonyl (C=O) groups is 5. The number of amides is 3. The quantitative estimate of drug-likeness (QED) is 0.118. The first-order valence-corrected chi connectivity index (χ1v) is 12.4. The van der Waals surface area contributed by atoms with Gasteiger partial charge in [0.15, 0.2) is 0 Å². The number of unbranched alkanes of at least 4 members (excludes halogenated alkanes) is 1. The van der Waals surface area contributed by atoms with Gasteiger partial charge in [-0.3, -0.25) is 19.2 Å². The van der Waals surface area contributed by atoms with Crippen molar-refractivity contribution in [1.29, 1.82) is 0 Å². The second kappa shape index (κ2) is 16.2. The Hall–Kier alpha value is -3.71. The Bertz CT molecular complexity index is 954. The Morgan fingerprint density at radius 3 is 1.92 bits per heavy atom. The minimum atomic E-state index is -1.68. The number of phenolic OH excluding ortho intramolecular Hbond substituents is 1. The second-order valence-corrected chi connectivity index (χ2v) is 9.51. The fraction of sp³-hybridized carbons (Fsp3) is 0.560. The van der Waals surface area contributed by atoms with Gasteiger partial charge in [0, 0.05) is 0 Å². The number of nitrogens with two attached hydrogens (primary N) is 2. The van der Waals surface area contributed by atoms with Crippen molar-refractivity contribution in [3.05, 3.63) is 29.8 Å². The third-order valence-corrected chi connectivity index (χ3v) is 5.64. The Kier molecular flexibility index (Phi) is 13.8. The normalized spacial score (nSPS) is 14.1. The molecule has 212 valence electrons. The van der Waals surface area contributed by atoms with Crippen LogP contribution in [0.5, 0.6) is 5.75 Å². The fourth-order valence-electron chi connectivity index (χ4n) is 3.64. The molecule has 1 rings (SSSR count). The van der Waals surface area contributed by atoms with E-state index >= 15 is 0 Å². The van der Waals surface area contributed by atoms with E-state index in [0.717, 1.165) is 0 Å². The van der Waals surface area contributed by atoms with E-state index < -0.39 is 60.2 Å². The molecule has 0 aliphatic rings. The summed E-state index contributed by atoms with van der Waals surface area (Å²) in [6.45, 7) is 3.96. The van der Waals surface area contributed by atoms with Crippen LogP contribution in [0, 0.1) is 5.92 Å². The van der Waals surface area contributed by atoms with Crippen LogP contribution in [0.3, 0.4) is 0 Å². The molecule has 0 fully saturated rings. The highest BCUT2D eigenvalue weighted by Gasteiger charge is 2.31. The number of aromatic hydroxyl groups is 1. The highest BCUT2D eigenvalue weighted by Crippen LogP contribution is 2.12. The van der Waals surface area contributed by atoms with Crippen molar-refractivity contribution in [2.45, 2.75) is 76.5 Å². The molecule has 0 aliphatic carbocycles. The lowest BCUT2D eigenvalue weighted by Crippen LogP contribution is -2.57. The van der Waals surface area contributed by atoms with Crippen LogP contribution in [0.2, 0.25) is 0 Å². The number of hydrogen-bond donors (Lipinski definition) is 8. The highest BCUT2D eigenvalue weighted by molar-refractivity contribution is 5.94. The maximum Gasteiger partial charge on any atom is 0.326 e. The zero-order valence-corrected chi connectivity index (χ0v) is 21.7. The van der Waals surface area contributed by atoms with Gasteiger partial charge in [-0.1, -0.05) is 26.0 Å². The summed E-state index contributed by atoms with van der Waals surface area (Å²) in [4.78, 5) is 61.1. The van der Waals surface area contributed by atoms with Crippen molar-refractivity contribution >= 4 is 29.7 Å². The van der Waals surface area contributed by atoms with E-state index in [4.69, 9.17) is 16.6 Å². The van der Waals surface area contributed by atoms with E-state index in [1.54, 1.807) is 26.0 Å². The molecule has 3 amide bonds. The van der Waals surface area contributed by atoms with Gasteiger partial charge in [0.1, 0.15) is 23.9 Å². The summed E-state index contributed by atoms with van der Waals surface area (Å²) >= 11 is 0. The van der Waals surface area contributed by atoms with Gasteiger partial charge in [0.05, 0.1) is 12.5 Å². The Morgan fingerprint density at radius 2 is 1.39 bits per heavy atom. The third kappa shape index (κ3) is 12.0. The highest BCUT2D eigenvalue weighted by atomic mass is 16.4. The molecule has 0 saturated heterocycles. The summed E-state index contributed by atoms with van der Waals surface area (Å²) in [5.41, 5.74) is 12.3. The largest absolute Gasteiger partial charge is 0.508 e. The summed E-state index contributed by atoms with van der Waals surface area (Å²) in [6.07, 6.45) is 0.767. The molecule has 10 N–H and O–H groups in total. The number of phenols is 1. The van der Waals surface area contributed by atoms with Gasteiger partial charge in [-0.05, 0) is 62.3 Å². The first-order valence-electron chi connectivity index (χ1n) is 12.4. The molecule has 38 heavy (non-hydrogen) atoms. The Labute approximate surface area is 221 Å². The summed E-state index contributed by atoms with van der Waals surface area (Å²) < 4.78 is 0. The van der Waals surface area contributed by atoms with E-state index in [0.29, 0.717) is 24.9 Å². The number of benzene rings is 1. The molecular formula is C25H39N5O8. The molecule has 0 spiro atoms. The lowest BCUT2D eigenvalue weighted by Gasteiger charge is -2.26. The first-order chi connectivity index (χ1) is 17.8. The van der Waals surface area contributed by atoms with Crippen LogP contribution in [0.4, 0.5) is 0 Å². The van der Waals surface area contributed by atoms with Crippen molar-refractivity contribution in [2.75, 3.05) is 6.54 Å². The van der Waals surface area contributed by atoms with E-state index in [2.05, 4.69) is 16.0 Å². The van der Waals surface area contributed by atoms with Gasteiger partial charge in [-0.15, -0.1) is 0 Å². The van der Waals surface area contributed by atoms with Gasteiger partial charge < -0.3 is 42.7 Å². The van der Waals surface area contributed by atoms with Gasteiger partial charge in [0.2, 0.25) is 17.7 Å². The average molecular weight is 538 g/mol. The molecule has 0 aliphatic heterocycles. The van der Waals surface area contributed by atoms with Gasteiger partial charge in [-0.2, -0.15) is 0 Å². The molecular weight excluding hydrogens is 498 g/mol. The zero-order chi connectivity index (χ0) is 28.8. The minimum Gasteiger partial charge on any atom is -0.508 e. The van der Waals surface area contributed by atoms with Crippen LogP contribution >= 0.6 is 0 Å². The smallest absolute Gasteiger partial charge is 0.326 e. The maximum absolute atomic E-state index is 13.2. The number of carboxylic acid groups (broad SMARTS) is 2. The maximum atomic E-state index is 13.2. The molecule has 0 radical (unpaired) electrons. The van der Waals surface area contributed by atoms with Crippen molar-refractivity contribution in [3.63, 3.8) is 0 Å². The number of nitrogens with one attached hydrogen (secondary N) is 3. The van der Waals surface area contributed by atoms with Crippen LogP contribution < -0.4 is 27.4 Å². The molecule has 0 bridgehead atoms. The number of carbonyl (C=O) groups excluding carboxylic acids is 3. The van der Waals surface area contributed by atoms with Crippen molar-refractivity contribution < 1.29 is 39.3 Å². The number of carboxylic acids is 2.